The van der Waals surface area contributed by atoms with Gasteiger partial charge in [-0.2, -0.15) is 0 Å². The van der Waals surface area contributed by atoms with Crippen LogP contribution in [0.4, 0.5) is 4.39 Å². The van der Waals surface area contributed by atoms with Crippen molar-refractivity contribution >= 4 is 0 Å². The van der Waals surface area contributed by atoms with Gasteiger partial charge in [0, 0.05) is 5.54 Å². The maximum Gasteiger partial charge on any atom is 0.107 e. The predicted molar refractivity (Wildman–Crippen MR) is 24.2 cm³/mol. The molecule has 6 heavy (non-hydrogen) atoms. The van der Waals surface area contributed by atoms with Gasteiger partial charge in [0.1, 0.15) is 6.67 Å². The molecular formula is C4H10FN. The molecule has 0 aliphatic carbocycles. The van der Waals surface area contributed by atoms with Crippen molar-refractivity contribution in [2.75, 3.05) is 6.67 Å². The molecular weight excluding hydrogens is 81.0 g/mol. The number of halogens is 1. The van der Waals surface area contributed by atoms with Crippen LogP contribution in [0.25, 0.3) is 0 Å². The van der Waals surface area contributed by atoms with Gasteiger partial charge in [-0.05, 0) is 13.8 Å². The van der Waals surface area contributed by atoms with Gasteiger partial charge in [-0.1, -0.05) is 0 Å². The van der Waals surface area contributed by atoms with E-state index >= 15 is 0 Å². The fourth-order valence-electron chi connectivity index (χ4n) is 0. The Morgan fingerprint density at radius 3 is 1.83 bits per heavy atom. The zero-order valence-corrected chi connectivity index (χ0v) is 4.16. The van der Waals surface area contributed by atoms with Crippen LogP contribution in [-0.2, 0) is 0 Å². The van der Waals surface area contributed by atoms with E-state index in [1.807, 2.05) is 0 Å². The van der Waals surface area contributed by atoms with Crippen LogP contribution in [0.5, 0.6) is 0 Å². The topological polar surface area (TPSA) is 26.0 Å². The third-order valence-corrected chi connectivity index (χ3v) is 0.344. The molecule has 0 heterocycles. The van der Waals surface area contributed by atoms with E-state index in [2.05, 4.69) is 0 Å². The molecule has 1 nitrogen and oxygen atoms in total. The number of rotatable bonds is 1. The third kappa shape index (κ3) is 3.89. The van der Waals surface area contributed by atoms with Gasteiger partial charge in [-0.3, -0.25) is 0 Å². The average molecular weight is 91.1 g/mol. The Morgan fingerprint density at radius 1 is 1.67 bits per heavy atom. The van der Waals surface area contributed by atoms with E-state index in [1.54, 1.807) is 13.8 Å². The molecule has 0 rings (SSSR count). The van der Waals surface area contributed by atoms with Gasteiger partial charge in [0.15, 0.2) is 0 Å². The van der Waals surface area contributed by atoms with Gasteiger partial charge >= 0.3 is 0 Å². The van der Waals surface area contributed by atoms with Crippen molar-refractivity contribution in [3.63, 3.8) is 0 Å². The zero-order chi connectivity index (χ0) is 5.21. The second-order valence-electron chi connectivity index (χ2n) is 2.12. The molecule has 0 spiro atoms. The average Bonchev–Trinajstić information content (AvgIpc) is 1.35. The first-order chi connectivity index (χ1) is 2.56. The molecule has 0 aromatic heterocycles. The van der Waals surface area contributed by atoms with E-state index < -0.39 is 12.2 Å². The summed E-state index contributed by atoms with van der Waals surface area (Å²) in [5, 5.41) is 0. The molecule has 0 aliphatic rings. The molecule has 0 amide bonds. The van der Waals surface area contributed by atoms with Crippen molar-refractivity contribution in [2.24, 2.45) is 5.73 Å². The Kier molecular flexibility index (Phi) is 1.53. The molecule has 0 aromatic rings. The highest BCUT2D eigenvalue weighted by atomic mass is 19.1. The predicted octanol–water partition coefficient (Wildman–Crippen LogP) is 0.693. The minimum Gasteiger partial charge on any atom is -0.323 e. The lowest BCUT2D eigenvalue weighted by Crippen LogP contribution is -2.33. The largest absolute Gasteiger partial charge is 0.323 e. The van der Waals surface area contributed by atoms with E-state index in [0.29, 0.717) is 0 Å². The van der Waals surface area contributed by atoms with Gasteiger partial charge < -0.3 is 5.73 Å². The Labute approximate surface area is 37.3 Å². The maximum absolute atomic E-state index is 11.4. The summed E-state index contributed by atoms with van der Waals surface area (Å²) in [6.45, 7) is 2.84. The first kappa shape index (κ1) is 5.89. The lowest BCUT2D eigenvalue weighted by molar-refractivity contribution is 0.352. The van der Waals surface area contributed by atoms with Crippen LogP contribution in [0.15, 0.2) is 0 Å². The summed E-state index contributed by atoms with van der Waals surface area (Å²) < 4.78 is 11.4. The van der Waals surface area contributed by atoms with Crippen molar-refractivity contribution in [1.29, 1.82) is 0 Å². The monoisotopic (exact) mass is 91.1 g/mol. The summed E-state index contributed by atoms with van der Waals surface area (Å²) in [4.78, 5) is 0. The van der Waals surface area contributed by atoms with Gasteiger partial charge in [0.25, 0.3) is 0 Å². The second-order valence-corrected chi connectivity index (χ2v) is 2.12. The quantitative estimate of drug-likeness (QED) is 0.505. The SMILES string of the molecule is CC(C)(N)CF. The van der Waals surface area contributed by atoms with Crippen LogP contribution in [0.2, 0.25) is 0 Å². The standard InChI is InChI=1S/C4H10FN/c1-4(2,6)3-5/h3,6H2,1-2H3. The first-order valence-corrected chi connectivity index (χ1v) is 1.91. The van der Waals surface area contributed by atoms with E-state index in [1.165, 1.54) is 0 Å². The van der Waals surface area contributed by atoms with Crippen LogP contribution in [0.1, 0.15) is 13.8 Å². The molecule has 0 bridgehead atoms. The number of alkyl halides is 1. The van der Waals surface area contributed by atoms with Crippen molar-refractivity contribution in [3.05, 3.63) is 0 Å². The van der Waals surface area contributed by atoms with Crippen LogP contribution >= 0.6 is 0 Å². The molecule has 0 saturated heterocycles. The van der Waals surface area contributed by atoms with Crippen LogP contribution in [0.3, 0.4) is 0 Å². The summed E-state index contributed by atoms with van der Waals surface area (Å²) in [5.74, 6) is 0. The third-order valence-electron chi connectivity index (χ3n) is 0.344. The minimum atomic E-state index is -0.625. The summed E-state index contributed by atoms with van der Waals surface area (Å²) in [7, 11) is 0. The number of nitrogens with two attached hydrogens (primary N) is 1. The highest BCUT2D eigenvalue weighted by molar-refractivity contribution is 4.68. The first-order valence-electron chi connectivity index (χ1n) is 1.91. The molecule has 0 radical (unpaired) electrons. The molecule has 2 heteroatoms. The Hall–Kier alpha value is -0.110. The Morgan fingerprint density at radius 2 is 1.83 bits per heavy atom. The zero-order valence-electron chi connectivity index (χ0n) is 4.16. The summed E-state index contributed by atoms with van der Waals surface area (Å²) in [6, 6.07) is 0. The van der Waals surface area contributed by atoms with Gasteiger partial charge in [-0.25, -0.2) is 4.39 Å². The summed E-state index contributed by atoms with van der Waals surface area (Å²) in [6.07, 6.45) is 0. The molecule has 2 N–H and O–H groups in total. The molecule has 0 aliphatic heterocycles. The minimum absolute atomic E-state index is 0.451. The normalized spacial score (nSPS) is 12.0. The fourth-order valence-corrected chi connectivity index (χ4v) is 0. The van der Waals surface area contributed by atoms with Gasteiger partial charge in [0.2, 0.25) is 0 Å². The van der Waals surface area contributed by atoms with E-state index in [4.69, 9.17) is 5.73 Å². The van der Waals surface area contributed by atoms with Crippen LogP contribution < -0.4 is 5.73 Å². The molecule has 38 valence electrons. The van der Waals surface area contributed by atoms with Gasteiger partial charge in [-0.15, -0.1) is 0 Å². The molecule has 0 saturated carbocycles. The second kappa shape index (κ2) is 1.56. The molecule has 0 unspecified atom stereocenters. The summed E-state index contributed by atoms with van der Waals surface area (Å²) >= 11 is 0. The number of hydrogen-bond acceptors (Lipinski definition) is 1. The van der Waals surface area contributed by atoms with E-state index in [0.717, 1.165) is 0 Å². The summed E-state index contributed by atoms with van der Waals surface area (Å²) in [5.41, 5.74) is 4.53. The molecule has 0 aromatic carbocycles. The van der Waals surface area contributed by atoms with Crippen molar-refractivity contribution in [1.82, 2.24) is 0 Å². The molecule has 0 atom stereocenters. The highest BCUT2D eigenvalue weighted by Gasteiger charge is 2.06. The lowest BCUT2D eigenvalue weighted by Gasteiger charge is -2.10. The van der Waals surface area contributed by atoms with Crippen molar-refractivity contribution < 1.29 is 4.39 Å². The smallest absolute Gasteiger partial charge is 0.107 e. The highest BCUT2D eigenvalue weighted by Crippen LogP contribution is 1.93. The number of hydrogen-bond donors (Lipinski definition) is 1. The Bertz CT molecular complexity index is 37.3. The lowest BCUT2D eigenvalue weighted by atomic mass is 10.1. The van der Waals surface area contributed by atoms with Gasteiger partial charge in [0.05, 0.1) is 0 Å². The van der Waals surface area contributed by atoms with E-state index in [9.17, 15) is 4.39 Å². The fraction of sp³-hybridized carbons (Fsp3) is 1.00. The van der Waals surface area contributed by atoms with Crippen molar-refractivity contribution in [2.45, 2.75) is 19.4 Å². The Balaban J connectivity index is 3.17. The maximum atomic E-state index is 11.4. The van der Waals surface area contributed by atoms with Crippen molar-refractivity contribution in [3.8, 4) is 0 Å². The molecule has 0 fully saturated rings. The van der Waals surface area contributed by atoms with E-state index in [-0.39, 0.29) is 0 Å². The van der Waals surface area contributed by atoms with Crippen LogP contribution in [0, 0.1) is 0 Å². The van der Waals surface area contributed by atoms with Crippen LogP contribution in [-0.4, -0.2) is 12.2 Å².